The molecule has 1 atom stereocenters. The van der Waals surface area contributed by atoms with Crippen molar-refractivity contribution < 1.29 is 23.1 Å². The number of esters is 1. The fourth-order valence-electron chi connectivity index (χ4n) is 2.62. The highest BCUT2D eigenvalue weighted by Gasteiger charge is 2.25. The zero-order valence-corrected chi connectivity index (χ0v) is 14.2. The molecule has 0 spiro atoms. The largest absolute Gasteiger partial charge is 0.467 e. The summed E-state index contributed by atoms with van der Waals surface area (Å²) in [6.07, 6.45) is 0.208. The standard InChI is InChI=1S/C19H19F2NO3/c1-11-5-4-6-12(2)15(11)10-17(19(24)25-3)22-18(23)14-8-7-13(20)9-16(14)21/h4-9,17H,10H2,1-3H3,(H,22,23)/t17-/m1/s1. The van der Waals surface area contributed by atoms with Gasteiger partial charge in [-0.3, -0.25) is 4.79 Å². The Morgan fingerprint density at radius 3 is 2.32 bits per heavy atom. The van der Waals surface area contributed by atoms with Crippen LogP contribution in [0, 0.1) is 25.5 Å². The van der Waals surface area contributed by atoms with Crippen LogP contribution in [0.1, 0.15) is 27.0 Å². The van der Waals surface area contributed by atoms with Gasteiger partial charge in [0, 0.05) is 12.5 Å². The molecule has 0 aromatic heterocycles. The maximum atomic E-state index is 13.8. The summed E-state index contributed by atoms with van der Waals surface area (Å²) >= 11 is 0. The van der Waals surface area contributed by atoms with E-state index in [-0.39, 0.29) is 12.0 Å². The SMILES string of the molecule is COC(=O)[C@@H](Cc1c(C)cccc1C)NC(=O)c1ccc(F)cc1F. The number of hydrogen-bond acceptors (Lipinski definition) is 3. The van der Waals surface area contributed by atoms with E-state index in [9.17, 15) is 18.4 Å². The number of nitrogens with one attached hydrogen (secondary N) is 1. The van der Waals surface area contributed by atoms with E-state index in [0.29, 0.717) is 6.07 Å². The highest BCUT2D eigenvalue weighted by Crippen LogP contribution is 2.17. The number of ether oxygens (including phenoxy) is 1. The molecular weight excluding hydrogens is 328 g/mol. The molecule has 0 unspecified atom stereocenters. The van der Waals surface area contributed by atoms with E-state index in [0.717, 1.165) is 28.8 Å². The number of amides is 1. The molecule has 4 nitrogen and oxygen atoms in total. The topological polar surface area (TPSA) is 55.4 Å². The van der Waals surface area contributed by atoms with Gasteiger partial charge in [0.1, 0.15) is 17.7 Å². The van der Waals surface area contributed by atoms with Gasteiger partial charge in [0.2, 0.25) is 0 Å². The smallest absolute Gasteiger partial charge is 0.328 e. The Morgan fingerprint density at radius 1 is 1.12 bits per heavy atom. The minimum absolute atomic E-state index is 0.208. The van der Waals surface area contributed by atoms with Gasteiger partial charge < -0.3 is 10.1 Å². The molecule has 2 aromatic rings. The van der Waals surface area contributed by atoms with Crippen molar-refractivity contribution in [1.82, 2.24) is 5.32 Å². The lowest BCUT2D eigenvalue weighted by atomic mass is 9.96. The summed E-state index contributed by atoms with van der Waals surface area (Å²) in [7, 11) is 1.21. The summed E-state index contributed by atoms with van der Waals surface area (Å²) in [4.78, 5) is 24.3. The second-order valence-electron chi connectivity index (χ2n) is 5.75. The lowest BCUT2D eigenvalue weighted by Crippen LogP contribution is -2.43. The summed E-state index contributed by atoms with van der Waals surface area (Å²) in [6.45, 7) is 3.80. The van der Waals surface area contributed by atoms with Gasteiger partial charge in [-0.2, -0.15) is 0 Å². The fourth-order valence-corrected chi connectivity index (χ4v) is 2.62. The molecule has 0 saturated carbocycles. The molecule has 0 radical (unpaired) electrons. The third kappa shape index (κ3) is 4.41. The van der Waals surface area contributed by atoms with Crippen LogP contribution >= 0.6 is 0 Å². The van der Waals surface area contributed by atoms with Gasteiger partial charge in [-0.25, -0.2) is 13.6 Å². The quantitative estimate of drug-likeness (QED) is 0.846. The first kappa shape index (κ1) is 18.6. The van der Waals surface area contributed by atoms with Gasteiger partial charge in [0.25, 0.3) is 5.91 Å². The van der Waals surface area contributed by atoms with Crippen LogP contribution < -0.4 is 5.32 Å². The van der Waals surface area contributed by atoms with Crippen LogP contribution in [0.25, 0.3) is 0 Å². The van der Waals surface area contributed by atoms with Crippen LogP contribution in [0.5, 0.6) is 0 Å². The van der Waals surface area contributed by atoms with Crippen LogP contribution in [0.3, 0.4) is 0 Å². The lowest BCUT2D eigenvalue weighted by molar-refractivity contribution is -0.142. The minimum Gasteiger partial charge on any atom is -0.467 e. The number of halogens is 2. The lowest BCUT2D eigenvalue weighted by Gasteiger charge is -2.19. The first-order chi connectivity index (χ1) is 11.8. The first-order valence-electron chi connectivity index (χ1n) is 7.72. The maximum absolute atomic E-state index is 13.8. The number of aryl methyl sites for hydroxylation is 2. The monoisotopic (exact) mass is 347 g/mol. The fraction of sp³-hybridized carbons (Fsp3) is 0.263. The van der Waals surface area contributed by atoms with Crippen molar-refractivity contribution in [3.63, 3.8) is 0 Å². The molecule has 1 N–H and O–H groups in total. The highest BCUT2D eigenvalue weighted by molar-refractivity contribution is 5.97. The summed E-state index contributed by atoms with van der Waals surface area (Å²) in [5.41, 5.74) is 2.50. The van der Waals surface area contributed by atoms with Crippen LogP contribution in [0.2, 0.25) is 0 Å². The van der Waals surface area contributed by atoms with Crippen LogP contribution in [-0.4, -0.2) is 25.0 Å². The average molecular weight is 347 g/mol. The molecule has 0 heterocycles. The van der Waals surface area contributed by atoms with E-state index in [1.54, 1.807) is 0 Å². The van der Waals surface area contributed by atoms with Crippen molar-refractivity contribution in [2.75, 3.05) is 7.11 Å². The predicted octanol–water partition coefficient (Wildman–Crippen LogP) is 3.10. The average Bonchev–Trinajstić information content (AvgIpc) is 2.56. The summed E-state index contributed by atoms with van der Waals surface area (Å²) in [5, 5.41) is 2.47. The number of rotatable bonds is 5. The molecule has 0 aliphatic carbocycles. The number of methoxy groups -OCH3 is 1. The van der Waals surface area contributed by atoms with Gasteiger partial charge >= 0.3 is 5.97 Å². The Hall–Kier alpha value is -2.76. The molecule has 0 saturated heterocycles. The molecule has 1 amide bonds. The van der Waals surface area contributed by atoms with E-state index < -0.39 is 29.6 Å². The maximum Gasteiger partial charge on any atom is 0.328 e. The van der Waals surface area contributed by atoms with Crippen molar-refractivity contribution in [1.29, 1.82) is 0 Å². The third-order valence-electron chi connectivity index (χ3n) is 4.02. The third-order valence-corrected chi connectivity index (χ3v) is 4.02. The van der Waals surface area contributed by atoms with E-state index >= 15 is 0 Å². The molecule has 0 aliphatic heterocycles. The van der Waals surface area contributed by atoms with Crippen molar-refractivity contribution in [3.8, 4) is 0 Å². The number of hydrogen-bond donors (Lipinski definition) is 1. The number of benzene rings is 2. The molecule has 2 aromatic carbocycles. The first-order valence-corrected chi connectivity index (χ1v) is 7.72. The zero-order valence-electron chi connectivity index (χ0n) is 14.2. The summed E-state index contributed by atoms with van der Waals surface area (Å²) < 4.78 is 31.5. The normalized spacial score (nSPS) is 11.7. The minimum atomic E-state index is -0.992. The van der Waals surface area contributed by atoms with Gasteiger partial charge in [-0.1, -0.05) is 18.2 Å². The second-order valence-corrected chi connectivity index (χ2v) is 5.75. The molecule has 0 aliphatic rings. The van der Waals surface area contributed by atoms with Crippen LogP contribution in [-0.2, 0) is 16.0 Å². The molecule has 2 rings (SSSR count). The number of carbonyl (C=O) groups is 2. The second kappa shape index (κ2) is 7.88. The van der Waals surface area contributed by atoms with Gasteiger partial charge in [-0.05, 0) is 42.7 Å². The van der Waals surface area contributed by atoms with Gasteiger partial charge in [0.15, 0.2) is 0 Å². The number of carbonyl (C=O) groups excluding carboxylic acids is 2. The molecular formula is C19H19F2NO3. The Kier molecular flexibility index (Phi) is 5.85. The van der Waals surface area contributed by atoms with Crippen LogP contribution in [0.15, 0.2) is 36.4 Å². The zero-order chi connectivity index (χ0) is 18.6. The van der Waals surface area contributed by atoms with E-state index in [4.69, 9.17) is 4.74 Å². The summed E-state index contributed by atoms with van der Waals surface area (Å²) in [5.74, 6) is -3.22. The molecule has 0 fully saturated rings. The molecule has 25 heavy (non-hydrogen) atoms. The van der Waals surface area contributed by atoms with Gasteiger partial charge in [0.05, 0.1) is 12.7 Å². The van der Waals surface area contributed by atoms with Gasteiger partial charge in [-0.15, -0.1) is 0 Å². The Balaban J connectivity index is 2.26. The van der Waals surface area contributed by atoms with E-state index in [2.05, 4.69) is 5.32 Å². The van der Waals surface area contributed by atoms with Crippen molar-refractivity contribution >= 4 is 11.9 Å². The highest BCUT2D eigenvalue weighted by atomic mass is 19.1. The molecule has 0 bridgehead atoms. The van der Waals surface area contributed by atoms with Crippen molar-refractivity contribution in [2.24, 2.45) is 0 Å². The van der Waals surface area contributed by atoms with E-state index in [1.165, 1.54) is 7.11 Å². The predicted molar refractivity (Wildman–Crippen MR) is 89.2 cm³/mol. The Bertz CT molecular complexity index is 785. The van der Waals surface area contributed by atoms with E-state index in [1.807, 2.05) is 32.0 Å². The Morgan fingerprint density at radius 2 is 1.76 bits per heavy atom. The van der Waals surface area contributed by atoms with Crippen LogP contribution in [0.4, 0.5) is 8.78 Å². The van der Waals surface area contributed by atoms with Crippen molar-refractivity contribution in [2.45, 2.75) is 26.3 Å². The molecule has 6 heteroatoms. The molecule has 132 valence electrons. The summed E-state index contributed by atoms with van der Waals surface area (Å²) in [6, 6.07) is 7.35. The van der Waals surface area contributed by atoms with Crippen molar-refractivity contribution in [3.05, 3.63) is 70.3 Å². The Labute approximate surface area is 144 Å².